The van der Waals surface area contributed by atoms with Crippen LogP contribution in [0, 0.1) is 0 Å². The third-order valence-corrected chi connectivity index (χ3v) is 6.09. The Balaban J connectivity index is 1.55. The Morgan fingerprint density at radius 1 is 0.931 bits per heavy atom. The van der Waals surface area contributed by atoms with Crippen molar-refractivity contribution in [2.45, 2.75) is 10.9 Å². The number of nitrogens with zero attached hydrogens (tertiary/aromatic N) is 6. The van der Waals surface area contributed by atoms with Crippen molar-refractivity contribution < 1.29 is 0 Å². The Labute approximate surface area is 173 Å². The first-order valence-electron chi connectivity index (χ1n) is 8.82. The van der Waals surface area contributed by atoms with Crippen LogP contribution in [-0.4, -0.2) is 29.8 Å². The molecule has 29 heavy (non-hydrogen) atoms. The minimum Gasteiger partial charge on any atom is -0.268 e. The van der Waals surface area contributed by atoms with Crippen LogP contribution < -0.4 is 5.56 Å². The van der Waals surface area contributed by atoms with E-state index < -0.39 is 0 Å². The summed E-state index contributed by atoms with van der Waals surface area (Å²) in [5.74, 6) is 1.15. The van der Waals surface area contributed by atoms with E-state index in [1.165, 1.54) is 23.1 Å². The SMILES string of the molecule is O=c1c2ccsc2nc(SCc2nnnn2-c2ccccc2)n1-c1ccccc1. The lowest BCUT2D eigenvalue weighted by atomic mass is 10.3. The third-order valence-electron chi connectivity index (χ3n) is 4.35. The Morgan fingerprint density at radius 2 is 1.66 bits per heavy atom. The third kappa shape index (κ3) is 3.34. The van der Waals surface area contributed by atoms with Gasteiger partial charge in [0.2, 0.25) is 0 Å². The fraction of sp³-hybridized carbons (Fsp3) is 0.0500. The maximum Gasteiger partial charge on any atom is 0.267 e. The van der Waals surface area contributed by atoms with Gasteiger partial charge in [0.15, 0.2) is 11.0 Å². The summed E-state index contributed by atoms with van der Waals surface area (Å²) in [7, 11) is 0. The van der Waals surface area contributed by atoms with E-state index in [9.17, 15) is 4.79 Å². The standard InChI is InChI=1S/C20H14N6OS2/c27-19-16-11-12-28-18(16)21-20(25(19)14-7-3-1-4-8-14)29-13-17-22-23-24-26(17)15-9-5-2-6-10-15/h1-12H,13H2. The molecule has 0 aliphatic rings. The summed E-state index contributed by atoms with van der Waals surface area (Å²) < 4.78 is 3.35. The van der Waals surface area contributed by atoms with Crippen molar-refractivity contribution >= 4 is 33.3 Å². The summed E-state index contributed by atoms with van der Waals surface area (Å²) in [6.45, 7) is 0. The van der Waals surface area contributed by atoms with Crippen molar-refractivity contribution in [3.05, 3.63) is 88.3 Å². The summed E-state index contributed by atoms with van der Waals surface area (Å²) in [6, 6.07) is 21.1. The van der Waals surface area contributed by atoms with Crippen LogP contribution in [0.3, 0.4) is 0 Å². The molecule has 0 fully saturated rings. The summed E-state index contributed by atoms with van der Waals surface area (Å²) in [5.41, 5.74) is 1.59. The molecule has 0 aliphatic heterocycles. The van der Waals surface area contributed by atoms with Crippen molar-refractivity contribution in [1.82, 2.24) is 29.8 Å². The lowest BCUT2D eigenvalue weighted by Gasteiger charge is -2.12. The highest BCUT2D eigenvalue weighted by Gasteiger charge is 2.16. The smallest absolute Gasteiger partial charge is 0.267 e. The Bertz CT molecular complexity index is 1330. The van der Waals surface area contributed by atoms with Crippen LogP contribution in [0.4, 0.5) is 0 Å². The number of para-hydroxylation sites is 2. The summed E-state index contributed by atoms with van der Waals surface area (Å²) in [6.07, 6.45) is 0. The molecule has 0 bridgehead atoms. The van der Waals surface area contributed by atoms with E-state index in [0.29, 0.717) is 22.1 Å². The van der Waals surface area contributed by atoms with Gasteiger partial charge < -0.3 is 0 Å². The fourth-order valence-corrected chi connectivity index (χ4v) is 4.71. The average molecular weight is 419 g/mol. The molecule has 0 N–H and O–H groups in total. The second-order valence-corrected chi connectivity index (χ2v) is 7.98. The number of tetrazole rings is 1. The minimum atomic E-state index is -0.0763. The molecule has 0 saturated heterocycles. The first-order valence-corrected chi connectivity index (χ1v) is 10.7. The molecule has 5 aromatic rings. The lowest BCUT2D eigenvalue weighted by Crippen LogP contribution is -2.21. The second-order valence-electron chi connectivity index (χ2n) is 6.14. The molecule has 142 valence electrons. The zero-order chi connectivity index (χ0) is 19.6. The lowest BCUT2D eigenvalue weighted by molar-refractivity contribution is 0.776. The Hall–Kier alpha value is -3.30. The number of rotatable bonds is 5. The number of aromatic nitrogens is 6. The van der Waals surface area contributed by atoms with Crippen LogP contribution >= 0.6 is 23.1 Å². The summed E-state index contributed by atoms with van der Waals surface area (Å²) in [4.78, 5) is 18.6. The monoisotopic (exact) mass is 418 g/mol. The second kappa shape index (κ2) is 7.61. The van der Waals surface area contributed by atoms with Crippen LogP contribution in [0.2, 0.25) is 0 Å². The molecule has 0 spiro atoms. The molecule has 0 amide bonds. The predicted octanol–water partition coefficient (Wildman–Crippen LogP) is 3.72. The maximum absolute atomic E-state index is 13.1. The quantitative estimate of drug-likeness (QED) is 0.320. The van der Waals surface area contributed by atoms with Crippen molar-refractivity contribution in [3.63, 3.8) is 0 Å². The van der Waals surface area contributed by atoms with Gasteiger partial charge in [-0.25, -0.2) is 4.98 Å². The molecular weight excluding hydrogens is 404 g/mol. The molecule has 0 saturated carbocycles. The molecule has 3 heterocycles. The van der Waals surface area contributed by atoms with Crippen LogP contribution in [0.15, 0.2) is 82.1 Å². The van der Waals surface area contributed by atoms with Gasteiger partial charge in [0.25, 0.3) is 5.56 Å². The van der Waals surface area contributed by atoms with Gasteiger partial charge >= 0.3 is 0 Å². The van der Waals surface area contributed by atoms with Crippen LogP contribution in [0.1, 0.15) is 5.82 Å². The van der Waals surface area contributed by atoms with Gasteiger partial charge in [-0.15, -0.1) is 16.4 Å². The van der Waals surface area contributed by atoms with E-state index in [4.69, 9.17) is 4.98 Å². The number of hydrogen-bond acceptors (Lipinski definition) is 7. The first-order chi connectivity index (χ1) is 14.3. The molecule has 0 aliphatic carbocycles. The average Bonchev–Trinajstić information content (AvgIpc) is 3.43. The van der Waals surface area contributed by atoms with Crippen LogP contribution in [-0.2, 0) is 5.75 Å². The van der Waals surface area contributed by atoms with E-state index in [1.807, 2.05) is 72.1 Å². The predicted molar refractivity (Wildman–Crippen MR) is 114 cm³/mol. The van der Waals surface area contributed by atoms with Gasteiger partial charge in [-0.2, -0.15) is 4.68 Å². The normalized spacial score (nSPS) is 11.2. The molecule has 2 aromatic carbocycles. The Morgan fingerprint density at radius 3 is 2.41 bits per heavy atom. The fourth-order valence-electron chi connectivity index (χ4n) is 2.99. The van der Waals surface area contributed by atoms with E-state index in [2.05, 4.69) is 15.5 Å². The highest BCUT2D eigenvalue weighted by atomic mass is 32.2. The van der Waals surface area contributed by atoms with Crippen molar-refractivity contribution in [2.75, 3.05) is 0 Å². The van der Waals surface area contributed by atoms with Gasteiger partial charge in [-0.3, -0.25) is 9.36 Å². The molecule has 9 heteroatoms. The number of hydrogen-bond donors (Lipinski definition) is 0. The highest BCUT2D eigenvalue weighted by Crippen LogP contribution is 2.26. The molecule has 0 radical (unpaired) electrons. The van der Waals surface area contributed by atoms with Crippen LogP contribution in [0.5, 0.6) is 0 Å². The van der Waals surface area contributed by atoms with E-state index >= 15 is 0 Å². The zero-order valence-electron chi connectivity index (χ0n) is 15.0. The van der Waals surface area contributed by atoms with Gasteiger partial charge in [0, 0.05) is 0 Å². The molecule has 5 rings (SSSR count). The maximum atomic E-state index is 13.1. The molecule has 7 nitrogen and oxygen atoms in total. The molecule has 0 unspecified atom stereocenters. The van der Waals surface area contributed by atoms with Gasteiger partial charge in [0.1, 0.15) is 4.83 Å². The highest BCUT2D eigenvalue weighted by molar-refractivity contribution is 7.98. The minimum absolute atomic E-state index is 0.0763. The van der Waals surface area contributed by atoms with E-state index in [0.717, 1.165) is 16.2 Å². The summed E-state index contributed by atoms with van der Waals surface area (Å²) in [5, 5.41) is 15.2. The van der Waals surface area contributed by atoms with Crippen LogP contribution in [0.25, 0.3) is 21.6 Å². The Kier molecular flexibility index (Phi) is 4.66. The van der Waals surface area contributed by atoms with Gasteiger partial charge in [0.05, 0.1) is 22.5 Å². The molecule has 3 aromatic heterocycles. The van der Waals surface area contributed by atoms with Gasteiger partial charge in [-0.05, 0) is 46.1 Å². The summed E-state index contributed by atoms with van der Waals surface area (Å²) >= 11 is 2.90. The molecular formula is C20H14N6OS2. The van der Waals surface area contributed by atoms with E-state index in [1.54, 1.807) is 9.25 Å². The first kappa shape index (κ1) is 17.8. The van der Waals surface area contributed by atoms with E-state index in [-0.39, 0.29) is 5.56 Å². The zero-order valence-corrected chi connectivity index (χ0v) is 16.7. The largest absolute Gasteiger partial charge is 0.268 e. The van der Waals surface area contributed by atoms with Gasteiger partial charge in [-0.1, -0.05) is 48.2 Å². The van der Waals surface area contributed by atoms with Crippen molar-refractivity contribution in [3.8, 4) is 11.4 Å². The van der Waals surface area contributed by atoms with Crippen molar-refractivity contribution in [1.29, 1.82) is 0 Å². The number of thiophene rings is 1. The topological polar surface area (TPSA) is 78.5 Å². The number of benzene rings is 2. The molecule has 0 atom stereocenters. The number of thioether (sulfide) groups is 1. The van der Waals surface area contributed by atoms with Crippen molar-refractivity contribution in [2.24, 2.45) is 0 Å². The number of fused-ring (bicyclic) bond motifs is 1.